The maximum Gasteiger partial charge on any atom is 0.265 e. The van der Waals surface area contributed by atoms with Crippen LogP contribution in [0.4, 0.5) is 5.13 Å². The predicted octanol–water partition coefficient (Wildman–Crippen LogP) is 3.62. The largest absolute Gasteiger partial charge is 0.362 e. The van der Waals surface area contributed by atoms with E-state index in [0.29, 0.717) is 12.0 Å². The van der Waals surface area contributed by atoms with Crippen LogP contribution in [0.25, 0.3) is 0 Å². The minimum absolute atomic E-state index is 0.160. The molecule has 0 spiro atoms. The lowest BCUT2D eigenvalue weighted by molar-refractivity contribution is 0.0740. The molecule has 3 aliphatic heterocycles. The monoisotopic (exact) mass is 384 g/mol. The number of thiazole rings is 1. The number of carbonyl (C=O) groups excluding carboxylic acids is 1. The van der Waals surface area contributed by atoms with Gasteiger partial charge in [-0.05, 0) is 38.2 Å². The second-order valence-corrected chi connectivity index (χ2v) is 8.69. The third-order valence-corrected chi connectivity index (χ3v) is 6.76. The van der Waals surface area contributed by atoms with Crippen molar-refractivity contribution in [2.75, 3.05) is 31.5 Å². The maximum absolute atomic E-state index is 13.2. The lowest BCUT2D eigenvalue weighted by Crippen LogP contribution is -2.43. The molecule has 1 aromatic carbocycles. The second-order valence-electron chi connectivity index (χ2n) is 7.69. The van der Waals surface area contributed by atoms with E-state index in [-0.39, 0.29) is 5.91 Å². The van der Waals surface area contributed by atoms with E-state index in [1.807, 2.05) is 13.8 Å². The number of hydrogen-bond donors (Lipinski definition) is 1. The molecule has 2 aromatic rings. The number of hydrogen-bond acceptors (Lipinski definition) is 5. The Labute approximate surface area is 165 Å². The van der Waals surface area contributed by atoms with Gasteiger partial charge in [0.05, 0.1) is 5.69 Å². The Hall–Kier alpha value is -1.92. The third-order valence-electron chi connectivity index (χ3n) is 5.66. The Bertz CT molecular complexity index is 791. The summed E-state index contributed by atoms with van der Waals surface area (Å²) < 4.78 is 0. The van der Waals surface area contributed by atoms with Crippen molar-refractivity contribution in [1.82, 2.24) is 14.8 Å². The van der Waals surface area contributed by atoms with Gasteiger partial charge in [-0.3, -0.25) is 9.69 Å². The Morgan fingerprint density at radius 3 is 2.81 bits per heavy atom. The summed E-state index contributed by atoms with van der Waals surface area (Å²) in [6.45, 7) is 8.58. The summed E-state index contributed by atoms with van der Waals surface area (Å²) in [6.07, 6.45) is 2.41. The van der Waals surface area contributed by atoms with E-state index in [4.69, 9.17) is 0 Å². The molecular formula is C21H28N4OS. The van der Waals surface area contributed by atoms with Gasteiger partial charge < -0.3 is 10.2 Å². The molecule has 27 heavy (non-hydrogen) atoms. The summed E-state index contributed by atoms with van der Waals surface area (Å²) in [5.41, 5.74) is 2.20. The highest BCUT2D eigenvalue weighted by Gasteiger charge is 2.37. The van der Waals surface area contributed by atoms with E-state index in [2.05, 4.69) is 50.4 Å². The zero-order valence-corrected chi connectivity index (χ0v) is 17.0. The highest BCUT2D eigenvalue weighted by molar-refractivity contribution is 7.17. The summed E-state index contributed by atoms with van der Waals surface area (Å²) in [4.78, 5) is 23.2. The molecule has 3 fully saturated rings. The minimum atomic E-state index is 0.160. The average Bonchev–Trinajstić information content (AvgIpc) is 2.83. The first-order valence-corrected chi connectivity index (χ1v) is 10.7. The number of fused-ring (bicyclic) bond motifs is 4. The van der Waals surface area contributed by atoms with Gasteiger partial charge in [0.1, 0.15) is 4.88 Å². The number of piperidine rings is 1. The van der Waals surface area contributed by atoms with Gasteiger partial charge in [-0.1, -0.05) is 41.7 Å². The van der Waals surface area contributed by atoms with Crippen LogP contribution in [0.15, 0.2) is 30.3 Å². The number of rotatable bonds is 5. The minimum Gasteiger partial charge on any atom is -0.362 e. The van der Waals surface area contributed by atoms with Gasteiger partial charge >= 0.3 is 0 Å². The number of amides is 1. The fourth-order valence-corrected chi connectivity index (χ4v) is 5.32. The Morgan fingerprint density at radius 2 is 2.04 bits per heavy atom. The van der Waals surface area contributed by atoms with Crippen LogP contribution in [-0.4, -0.2) is 52.9 Å². The number of aromatic nitrogens is 1. The van der Waals surface area contributed by atoms with Crippen LogP contribution < -0.4 is 5.32 Å². The van der Waals surface area contributed by atoms with Crippen LogP contribution >= 0.6 is 11.3 Å². The van der Waals surface area contributed by atoms with Gasteiger partial charge in [0, 0.05) is 38.8 Å². The SMILES string of the molecule is CCNc1nc(C)c(C(=O)N2C[C@H]3CC[C@@H](C2)N(Cc2ccccc2)C3)s1. The molecule has 2 atom stereocenters. The number of carbonyl (C=O) groups is 1. The van der Waals surface area contributed by atoms with Gasteiger partial charge in [-0.2, -0.15) is 0 Å². The fraction of sp³-hybridized carbons (Fsp3) is 0.524. The molecule has 6 heteroatoms. The second kappa shape index (κ2) is 7.98. The van der Waals surface area contributed by atoms with Crippen molar-refractivity contribution >= 4 is 22.4 Å². The maximum atomic E-state index is 13.2. The Kier molecular flexibility index (Phi) is 5.45. The number of nitrogens with one attached hydrogen (secondary N) is 1. The van der Waals surface area contributed by atoms with E-state index in [1.165, 1.54) is 29.7 Å². The molecule has 0 aliphatic carbocycles. The van der Waals surface area contributed by atoms with E-state index in [1.54, 1.807) is 0 Å². The van der Waals surface area contributed by atoms with Gasteiger partial charge in [0.25, 0.3) is 5.91 Å². The molecule has 0 radical (unpaired) electrons. The number of nitrogens with zero attached hydrogens (tertiary/aromatic N) is 3. The summed E-state index contributed by atoms with van der Waals surface area (Å²) in [5, 5.41) is 4.08. The predicted molar refractivity (Wildman–Crippen MR) is 110 cm³/mol. The van der Waals surface area contributed by atoms with Crippen molar-refractivity contribution in [1.29, 1.82) is 0 Å². The van der Waals surface area contributed by atoms with Crippen molar-refractivity contribution in [2.45, 2.75) is 39.3 Å². The molecule has 0 unspecified atom stereocenters. The van der Waals surface area contributed by atoms with Crippen molar-refractivity contribution in [2.24, 2.45) is 5.92 Å². The summed E-state index contributed by atoms with van der Waals surface area (Å²) in [7, 11) is 0. The van der Waals surface area contributed by atoms with Crippen LogP contribution in [0.3, 0.4) is 0 Å². The van der Waals surface area contributed by atoms with Crippen LogP contribution in [0, 0.1) is 12.8 Å². The van der Waals surface area contributed by atoms with Crippen molar-refractivity contribution in [3.63, 3.8) is 0 Å². The van der Waals surface area contributed by atoms with Crippen molar-refractivity contribution in [3.8, 4) is 0 Å². The van der Waals surface area contributed by atoms with E-state index < -0.39 is 0 Å². The smallest absolute Gasteiger partial charge is 0.265 e. The van der Waals surface area contributed by atoms with E-state index >= 15 is 0 Å². The molecule has 5 nitrogen and oxygen atoms in total. The van der Waals surface area contributed by atoms with Crippen LogP contribution in [0.5, 0.6) is 0 Å². The molecule has 1 amide bonds. The van der Waals surface area contributed by atoms with Gasteiger partial charge in [0.15, 0.2) is 5.13 Å². The van der Waals surface area contributed by atoms with Gasteiger partial charge in [-0.25, -0.2) is 4.98 Å². The molecule has 5 rings (SSSR count). The molecule has 1 N–H and O–H groups in total. The molecule has 3 saturated heterocycles. The van der Waals surface area contributed by atoms with Crippen LogP contribution in [0.1, 0.15) is 40.7 Å². The lowest BCUT2D eigenvalue weighted by atomic mass is 9.94. The molecule has 1 aromatic heterocycles. The van der Waals surface area contributed by atoms with E-state index in [9.17, 15) is 4.79 Å². The first-order valence-electron chi connectivity index (χ1n) is 9.92. The summed E-state index contributed by atoms with van der Waals surface area (Å²) in [5.74, 6) is 0.727. The Balaban J connectivity index is 1.49. The molecule has 144 valence electrons. The average molecular weight is 385 g/mol. The third kappa shape index (κ3) is 4.01. The normalized spacial score (nSPS) is 22.7. The zero-order valence-electron chi connectivity index (χ0n) is 16.1. The van der Waals surface area contributed by atoms with Crippen molar-refractivity contribution in [3.05, 3.63) is 46.5 Å². The topological polar surface area (TPSA) is 48.5 Å². The molecule has 3 aliphatic rings. The highest BCUT2D eigenvalue weighted by Crippen LogP contribution is 2.31. The van der Waals surface area contributed by atoms with Gasteiger partial charge in [0.2, 0.25) is 0 Å². The number of benzene rings is 1. The first kappa shape index (κ1) is 18.4. The molecule has 2 bridgehead atoms. The van der Waals surface area contributed by atoms with Crippen molar-refractivity contribution < 1.29 is 4.79 Å². The first-order chi connectivity index (χ1) is 13.1. The standard InChI is InChI=1S/C21H28N4OS/c1-3-22-21-23-15(2)19(27-21)20(26)25-13-17-9-10-18(14-25)24(12-17)11-16-7-5-4-6-8-16/h4-8,17-18H,3,9-14H2,1-2H3,(H,22,23)/t17-,18-/m0/s1. The zero-order chi connectivity index (χ0) is 18.8. The Morgan fingerprint density at radius 1 is 1.22 bits per heavy atom. The summed E-state index contributed by atoms with van der Waals surface area (Å²) >= 11 is 1.49. The lowest BCUT2D eigenvalue weighted by Gasteiger charge is -2.36. The van der Waals surface area contributed by atoms with Crippen LogP contribution in [0.2, 0.25) is 0 Å². The van der Waals surface area contributed by atoms with Crippen LogP contribution in [-0.2, 0) is 6.54 Å². The quantitative estimate of drug-likeness (QED) is 0.855. The van der Waals surface area contributed by atoms with E-state index in [0.717, 1.165) is 48.4 Å². The van der Waals surface area contributed by atoms with Gasteiger partial charge in [-0.15, -0.1) is 0 Å². The molecular weight excluding hydrogens is 356 g/mol. The number of anilines is 1. The molecule has 4 heterocycles. The number of aryl methyl sites for hydroxylation is 1. The molecule has 0 saturated carbocycles. The summed E-state index contributed by atoms with van der Waals surface area (Å²) in [6, 6.07) is 11.1. The highest BCUT2D eigenvalue weighted by atomic mass is 32.1. The fourth-order valence-electron chi connectivity index (χ4n) is 4.32.